The molecule has 1 N–H and O–H groups in total. The lowest BCUT2D eigenvalue weighted by Crippen LogP contribution is -2.40. The lowest BCUT2D eigenvalue weighted by Gasteiger charge is -2.25. The number of anilines is 1. The predicted octanol–water partition coefficient (Wildman–Crippen LogP) is 6.69. The second kappa shape index (κ2) is 12.9. The molecule has 0 aliphatic carbocycles. The van der Waals surface area contributed by atoms with Gasteiger partial charge in [-0.15, -0.1) is 0 Å². The molecule has 0 fully saturated rings. The van der Waals surface area contributed by atoms with Gasteiger partial charge in [0, 0.05) is 0 Å². The standard InChI is InChI=1S/C35H33N3O4S/c1-25-12-19-32(20-13-25)43(40,41)38(34-21-26(2)11-14-27(34)3)23-35(39)37-36-22-28-15-17-31(18-16-28)42-24-30-9-6-8-29-7-4-5-10-33(29)30/h4-22H,23-24H2,1-3H3,(H,37,39). The van der Waals surface area contributed by atoms with Crippen LogP contribution < -0.4 is 14.5 Å². The maximum Gasteiger partial charge on any atom is 0.264 e. The molecule has 1 amide bonds. The summed E-state index contributed by atoms with van der Waals surface area (Å²) in [6, 6.07) is 33.8. The van der Waals surface area contributed by atoms with Crippen LogP contribution in [0.1, 0.15) is 27.8 Å². The van der Waals surface area contributed by atoms with Crippen molar-refractivity contribution < 1.29 is 17.9 Å². The van der Waals surface area contributed by atoms with Gasteiger partial charge in [0.25, 0.3) is 15.9 Å². The summed E-state index contributed by atoms with van der Waals surface area (Å²) in [5, 5.41) is 6.39. The average molecular weight is 592 g/mol. The maximum absolute atomic E-state index is 13.7. The number of carbonyl (C=O) groups is 1. The first-order chi connectivity index (χ1) is 20.7. The number of sulfonamides is 1. The van der Waals surface area contributed by atoms with E-state index in [2.05, 4.69) is 34.8 Å². The summed E-state index contributed by atoms with van der Waals surface area (Å²) in [5.41, 5.74) is 7.32. The Morgan fingerprint density at radius 1 is 0.837 bits per heavy atom. The monoisotopic (exact) mass is 591 g/mol. The molecule has 7 nitrogen and oxygen atoms in total. The number of amides is 1. The van der Waals surface area contributed by atoms with Crippen LogP contribution >= 0.6 is 0 Å². The number of hydrogen-bond donors (Lipinski definition) is 1. The zero-order valence-corrected chi connectivity index (χ0v) is 25.1. The highest BCUT2D eigenvalue weighted by Crippen LogP contribution is 2.28. The van der Waals surface area contributed by atoms with Crippen molar-refractivity contribution in [3.05, 3.63) is 137 Å². The van der Waals surface area contributed by atoms with Gasteiger partial charge < -0.3 is 4.74 Å². The number of rotatable bonds is 10. The average Bonchev–Trinajstić information content (AvgIpc) is 3.01. The summed E-state index contributed by atoms with van der Waals surface area (Å²) in [7, 11) is -4.02. The molecule has 0 bridgehead atoms. The van der Waals surface area contributed by atoms with Gasteiger partial charge >= 0.3 is 0 Å². The zero-order valence-electron chi connectivity index (χ0n) is 24.3. The van der Waals surface area contributed by atoms with Gasteiger partial charge in [0.05, 0.1) is 16.8 Å². The normalized spacial score (nSPS) is 11.5. The Kier molecular flexibility index (Phi) is 8.87. The Labute approximate surface area is 252 Å². The first-order valence-corrected chi connectivity index (χ1v) is 15.3. The topological polar surface area (TPSA) is 88.1 Å². The van der Waals surface area contributed by atoms with Gasteiger partial charge in [-0.1, -0.05) is 72.3 Å². The number of hydrazone groups is 1. The van der Waals surface area contributed by atoms with Crippen LogP contribution in [0, 0.1) is 20.8 Å². The van der Waals surface area contributed by atoms with Crippen molar-refractivity contribution in [2.45, 2.75) is 32.3 Å². The van der Waals surface area contributed by atoms with Crippen molar-refractivity contribution in [1.82, 2.24) is 5.43 Å². The van der Waals surface area contributed by atoms with Crippen LogP contribution in [-0.4, -0.2) is 27.1 Å². The van der Waals surface area contributed by atoms with E-state index in [9.17, 15) is 13.2 Å². The Morgan fingerprint density at radius 3 is 2.30 bits per heavy atom. The molecule has 43 heavy (non-hydrogen) atoms. The highest BCUT2D eigenvalue weighted by molar-refractivity contribution is 7.92. The second-order valence-electron chi connectivity index (χ2n) is 10.4. The molecule has 0 aromatic heterocycles. The number of benzene rings is 5. The van der Waals surface area contributed by atoms with Crippen molar-refractivity contribution in [2.24, 2.45) is 5.10 Å². The van der Waals surface area contributed by atoms with E-state index in [1.807, 2.05) is 75.4 Å². The Balaban J connectivity index is 1.25. The molecule has 0 aliphatic heterocycles. The molecule has 0 saturated heterocycles. The molecule has 218 valence electrons. The van der Waals surface area contributed by atoms with Crippen LogP contribution in [0.4, 0.5) is 5.69 Å². The number of carbonyl (C=O) groups excluding carboxylic acids is 1. The van der Waals surface area contributed by atoms with Crippen LogP contribution in [0.25, 0.3) is 10.8 Å². The number of aryl methyl sites for hydroxylation is 3. The quantitative estimate of drug-likeness (QED) is 0.145. The third kappa shape index (κ3) is 7.10. The minimum Gasteiger partial charge on any atom is -0.489 e. The largest absolute Gasteiger partial charge is 0.489 e. The molecule has 5 rings (SSSR count). The van der Waals surface area contributed by atoms with E-state index in [1.54, 1.807) is 30.3 Å². The summed E-state index contributed by atoms with van der Waals surface area (Å²) < 4.78 is 34.5. The van der Waals surface area contributed by atoms with Crippen molar-refractivity contribution in [2.75, 3.05) is 10.8 Å². The van der Waals surface area contributed by atoms with Gasteiger partial charge in [-0.2, -0.15) is 5.10 Å². The molecule has 0 atom stereocenters. The van der Waals surface area contributed by atoms with E-state index in [4.69, 9.17) is 4.74 Å². The molecule has 0 saturated carbocycles. The minimum atomic E-state index is -4.02. The fourth-order valence-corrected chi connectivity index (χ4v) is 6.18. The molecule has 0 spiro atoms. The molecule has 5 aromatic carbocycles. The summed E-state index contributed by atoms with van der Waals surface area (Å²) >= 11 is 0. The van der Waals surface area contributed by atoms with Crippen LogP contribution in [0.3, 0.4) is 0 Å². The van der Waals surface area contributed by atoms with Crippen molar-refractivity contribution >= 4 is 38.6 Å². The molecule has 8 heteroatoms. The fourth-order valence-electron chi connectivity index (χ4n) is 4.70. The molecule has 0 heterocycles. The maximum atomic E-state index is 13.7. The smallest absolute Gasteiger partial charge is 0.264 e. The van der Waals surface area contributed by atoms with Crippen LogP contribution in [-0.2, 0) is 21.4 Å². The third-order valence-electron chi connectivity index (χ3n) is 7.09. The Hall–Kier alpha value is -4.95. The summed E-state index contributed by atoms with van der Waals surface area (Å²) in [6.45, 7) is 5.59. The van der Waals surface area contributed by atoms with Gasteiger partial charge in [-0.05, 0) is 96.3 Å². The van der Waals surface area contributed by atoms with Gasteiger partial charge in [0.1, 0.15) is 18.9 Å². The number of ether oxygens (including phenoxy) is 1. The van der Waals surface area contributed by atoms with Gasteiger partial charge in [0.2, 0.25) is 0 Å². The SMILES string of the molecule is Cc1ccc(S(=O)(=O)N(CC(=O)NN=Cc2ccc(OCc3cccc4ccccc34)cc2)c2cc(C)ccc2C)cc1. The van der Waals surface area contributed by atoms with Gasteiger partial charge in [-0.3, -0.25) is 9.10 Å². The molecule has 0 unspecified atom stereocenters. The first kappa shape index (κ1) is 29.5. The van der Waals surface area contributed by atoms with E-state index in [1.165, 1.54) is 11.6 Å². The van der Waals surface area contributed by atoms with Gasteiger partial charge in [-0.25, -0.2) is 13.8 Å². The zero-order chi connectivity index (χ0) is 30.4. The summed E-state index contributed by atoms with van der Waals surface area (Å²) in [4.78, 5) is 13.1. The molecule has 0 aliphatic rings. The van der Waals surface area contributed by atoms with Crippen LogP contribution in [0.5, 0.6) is 5.75 Å². The number of nitrogens with one attached hydrogen (secondary N) is 1. The lowest BCUT2D eigenvalue weighted by molar-refractivity contribution is -0.119. The van der Waals surface area contributed by atoms with E-state index >= 15 is 0 Å². The Morgan fingerprint density at radius 2 is 1.53 bits per heavy atom. The molecule has 5 aromatic rings. The number of fused-ring (bicyclic) bond motifs is 1. The lowest BCUT2D eigenvalue weighted by atomic mass is 10.1. The number of hydrogen-bond acceptors (Lipinski definition) is 5. The summed E-state index contributed by atoms with van der Waals surface area (Å²) in [6.07, 6.45) is 1.50. The van der Waals surface area contributed by atoms with E-state index in [0.29, 0.717) is 18.0 Å². The highest BCUT2D eigenvalue weighted by atomic mass is 32.2. The fraction of sp³-hybridized carbons (Fsp3) is 0.143. The summed E-state index contributed by atoms with van der Waals surface area (Å²) in [5.74, 6) is 0.141. The van der Waals surface area contributed by atoms with Crippen molar-refractivity contribution in [3.63, 3.8) is 0 Å². The number of nitrogens with zero attached hydrogens (tertiary/aromatic N) is 2. The highest BCUT2D eigenvalue weighted by Gasteiger charge is 2.28. The van der Waals surface area contributed by atoms with E-state index in [0.717, 1.165) is 37.5 Å². The first-order valence-electron chi connectivity index (χ1n) is 13.9. The van der Waals surface area contributed by atoms with Crippen molar-refractivity contribution in [1.29, 1.82) is 0 Å². The molecule has 0 radical (unpaired) electrons. The van der Waals surface area contributed by atoms with E-state index < -0.39 is 22.5 Å². The molecular formula is C35H33N3O4S. The van der Waals surface area contributed by atoms with Gasteiger partial charge in [0.15, 0.2) is 0 Å². The van der Waals surface area contributed by atoms with Crippen LogP contribution in [0.2, 0.25) is 0 Å². The Bertz CT molecular complexity index is 1880. The van der Waals surface area contributed by atoms with Crippen LogP contribution in [0.15, 0.2) is 119 Å². The second-order valence-corrected chi connectivity index (χ2v) is 12.3. The van der Waals surface area contributed by atoms with E-state index in [-0.39, 0.29) is 4.90 Å². The predicted molar refractivity (Wildman–Crippen MR) is 172 cm³/mol. The minimum absolute atomic E-state index is 0.109. The third-order valence-corrected chi connectivity index (χ3v) is 8.86. The molecular weight excluding hydrogens is 558 g/mol. The van der Waals surface area contributed by atoms with Crippen molar-refractivity contribution in [3.8, 4) is 5.75 Å².